The van der Waals surface area contributed by atoms with Crippen LogP contribution in [0.4, 0.5) is 0 Å². The fraction of sp³-hybridized carbons (Fsp3) is 0.333. The van der Waals surface area contributed by atoms with Crippen LogP contribution in [0.5, 0.6) is 0 Å². The summed E-state index contributed by atoms with van der Waals surface area (Å²) in [5, 5.41) is 2.58. The second kappa shape index (κ2) is 5.03. The summed E-state index contributed by atoms with van der Waals surface area (Å²) in [6.45, 7) is 6.29. The maximum Gasteiger partial charge on any atom is 2.00 e. The van der Waals surface area contributed by atoms with Crippen molar-refractivity contribution in [3.63, 3.8) is 0 Å². The molecule has 0 aromatic rings. The van der Waals surface area contributed by atoms with Crippen molar-refractivity contribution in [3.8, 4) is 0 Å². The average molecular weight is 252 g/mol. The van der Waals surface area contributed by atoms with E-state index in [0.717, 1.165) is 0 Å². The Morgan fingerprint density at radius 3 is 2.00 bits per heavy atom. The largest absolute Gasteiger partial charge is 2.00 e. The molecule has 3 heteroatoms. The SMILES string of the molecule is [CH-]=C(C)N=[N-].[W+2]. The molecule has 0 atom stereocenters. The van der Waals surface area contributed by atoms with Crippen LogP contribution in [0.2, 0.25) is 0 Å². The van der Waals surface area contributed by atoms with E-state index in [0.29, 0.717) is 0 Å². The van der Waals surface area contributed by atoms with Gasteiger partial charge in [-0.2, -0.15) is 5.70 Å². The second-order valence-corrected chi connectivity index (χ2v) is 0.741. The second-order valence-electron chi connectivity index (χ2n) is 0.741. The van der Waals surface area contributed by atoms with E-state index in [2.05, 4.69) is 5.11 Å². The number of allylic oxidation sites excluding steroid dienone is 1. The van der Waals surface area contributed by atoms with E-state index in [1.54, 1.807) is 0 Å². The van der Waals surface area contributed by atoms with E-state index in [9.17, 15) is 0 Å². The molecule has 0 saturated carbocycles. The molecule has 0 aromatic heterocycles. The molecule has 0 N–H and O–H groups in total. The first kappa shape index (κ1) is 9.39. The summed E-state index contributed by atoms with van der Waals surface area (Å²) < 4.78 is 0. The van der Waals surface area contributed by atoms with Gasteiger partial charge in [-0.25, -0.2) is 0 Å². The van der Waals surface area contributed by atoms with Gasteiger partial charge in [-0.3, -0.25) is 0 Å². The number of hydrogen-bond donors (Lipinski definition) is 0. The van der Waals surface area contributed by atoms with Crippen molar-refractivity contribution in [1.82, 2.24) is 0 Å². The van der Waals surface area contributed by atoms with Gasteiger partial charge < -0.3 is 17.2 Å². The van der Waals surface area contributed by atoms with Gasteiger partial charge in [0.15, 0.2) is 0 Å². The van der Waals surface area contributed by atoms with E-state index in [4.69, 9.17) is 12.1 Å². The molecule has 0 unspecified atom stereocenters. The molecule has 0 aliphatic carbocycles. The minimum Gasteiger partial charge on any atom is -0.710 e. The van der Waals surface area contributed by atoms with E-state index in [1.165, 1.54) is 6.92 Å². The summed E-state index contributed by atoms with van der Waals surface area (Å²) in [6, 6.07) is 0. The molecule has 32 valence electrons. The molecule has 0 radical (unpaired) electrons. The topological polar surface area (TPSA) is 34.7 Å². The molecule has 0 rings (SSSR count). The normalized spacial score (nSPS) is 5.50. The molecule has 0 aromatic carbocycles. The van der Waals surface area contributed by atoms with Crippen molar-refractivity contribution in [2.75, 3.05) is 0 Å². The van der Waals surface area contributed by atoms with Crippen LogP contribution in [-0.2, 0) is 21.1 Å². The molecular weight excluding hydrogens is 248 g/mol. The molecule has 0 bridgehead atoms. The van der Waals surface area contributed by atoms with Crippen molar-refractivity contribution in [1.29, 1.82) is 0 Å². The van der Waals surface area contributed by atoms with Gasteiger partial charge in [0.2, 0.25) is 0 Å². The number of nitrogens with zero attached hydrogens (tertiary/aromatic N) is 2. The molecule has 2 nitrogen and oxygen atoms in total. The fourth-order valence-electron chi connectivity index (χ4n) is 0. The van der Waals surface area contributed by atoms with Crippen LogP contribution < -0.4 is 0 Å². The van der Waals surface area contributed by atoms with Crippen LogP contribution in [0.3, 0.4) is 0 Å². The van der Waals surface area contributed by atoms with Gasteiger partial charge in [-0.1, -0.05) is 6.92 Å². The minimum atomic E-state index is 0. The summed E-state index contributed by atoms with van der Waals surface area (Å²) in [5.74, 6) is 0. The summed E-state index contributed by atoms with van der Waals surface area (Å²) >= 11 is 0. The number of rotatable bonds is 1. The van der Waals surface area contributed by atoms with Gasteiger partial charge in [0, 0.05) is 0 Å². The van der Waals surface area contributed by atoms with Crippen LogP contribution in [0.1, 0.15) is 6.92 Å². The van der Waals surface area contributed by atoms with E-state index in [-0.39, 0.29) is 26.8 Å². The summed E-state index contributed by atoms with van der Waals surface area (Å²) in [6.07, 6.45) is 0. The van der Waals surface area contributed by atoms with E-state index in [1.807, 2.05) is 0 Å². The Morgan fingerprint density at radius 2 is 2.00 bits per heavy atom. The average Bonchev–Trinajstić information content (AvgIpc) is 1.38. The predicted octanol–water partition coefficient (Wildman–Crippen LogP) is 1.34. The third kappa shape index (κ3) is 8.98. The molecule has 0 amide bonds. The van der Waals surface area contributed by atoms with Gasteiger partial charge in [0.25, 0.3) is 0 Å². The minimum absolute atomic E-state index is 0. The first-order chi connectivity index (χ1) is 2.27. The summed E-state index contributed by atoms with van der Waals surface area (Å²) in [4.78, 5) is 0. The van der Waals surface area contributed by atoms with Gasteiger partial charge in [0.05, 0.1) is 0 Å². The monoisotopic (exact) mass is 252 g/mol. The van der Waals surface area contributed by atoms with Crippen molar-refractivity contribution in [3.05, 3.63) is 17.8 Å². The van der Waals surface area contributed by atoms with Gasteiger partial charge >= 0.3 is 21.1 Å². The molecule has 0 fully saturated rings. The standard InChI is InChI=1S/C3H4N2.W/c1-3(2)5-4;/h1H,2H3;/q-2;+2. The van der Waals surface area contributed by atoms with Crippen LogP contribution in [0.15, 0.2) is 10.8 Å². The Balaban J connectivity index is 0. The Kier molecular flexibility index (Phi) is 7.87. The first-order valence-electron chi connectivity index (χ1n) is 1.21. The molecule has 0 aliphatic heterocycles. The van der Waals surface area contributed by atoms with Crippen molar-refractivity contribution >= 4 is 0 Å². The zero-order valence-corrected chi connectivity index (χ0v) is 6.31. The fourth-order valence-corrected chi connectivity index (χ4v) is 0. The number of hydrogen-bond acceptors (Lipinski definition) is 1. The van der Waals surface area contributed by atoms with Crippen LogP contribution in [-0.4, -0.2) is 0 Å². The maximum atomic E-state index is 7.61. The Labute approximate surface area is 51.4 Å². The van der Waals surface area contributed by atoms with Crippen LogP contribution >= 0.6 is 0 Å². The summed E-state index contributed by atoms with van der Waals surface area (Å²) in [5.41, 5.74) is 7.79. The smallest absolute Gasteiger partial charge is 0.710 e. The quantitative estimate of drug-likeness (QED) is 0.498. The van der Waals surface area contributed by atoms with E-state index >= 15 is 0 Å². The van der Waals surface area contributed by atoms with Gasteiger partial charge in [-0.05, 0) is 0 Å². The van der Waals surface area contributed by atoms with Gasteiger partial charge in [0.1, 0.15) is 0 Å². The maximum absolute atomic E-state index is 7.61. The third-order valence-corrected chi connectivity index (χ3v) is 0.158. The Hall–Kier alpha value is 0.0283. The predicted molar refractivity (Wildman–Crippen MR) is 19.3 cm³/mol. The third-order valence-electron chi connectivity index (χ3n) is 0.158. The van der Waals surface area contributed by atoms with E-state index < -0.39 is 0 Å². The molecule has 6 heavy (non-hydrogen) atoms. The summed E-state index contributed by atoms with van der Waals surface area (Å²) in [7, 11) is 0. The molecule has 0 heterocycles. The Morgan fingerprint density at radius 1 is 1.83 bits per heavy atom. The zero-order chi connectivity index (χ0) is 4.28. The van der Waals surface area contributed by atoms with Crippen molar-refractivity contribution in [2.45, 2.75) is 6.92 Å². The van der Waals surface area contributed by atoms with Crippen LogP contribution in [0, 0.1) is 6.58 Å². The zero-order valence-electron chi connectivity index (χ0n) is 3.38. The molecule has 0 spiro atoms. The van der Waals surface area contributed by atoms with Crippen molar-refractivity contribution in [2.24, 2.45) is 5.11 Å². The Bertz CT molecular complexity index is 59.8. The molecule has 0 saturated heterocycles. The first-order valence-corrected chi connectivity index (χ1v) is 1.21. The van der Waals surface area contributed by atoms with Gasteiger partial charge in [-0.15, -0.1) is 0 Å². The molecule has 0 aliphatic rings. The van der Waals surface area contributed by atoms with Crippen molar-refractivity contribution < 1.29 is 21.1 Å². The van der Waals surface area contributed by atoms with Crippen LogP contribution in [0.25, 0.3) is 5.53 Å². The molecular formula is C3H4N2W.